The molecule has 0 aliphatic carbocycles. The fraction of sp³-hybridized carbons (Fsp3) is 0.158. The third kappa shape index (κ3) is 3.23. The summed E-state index contributed by atoms with van der Waals surface area (Å²) in [6, 6.07) is 13.8. The molecule has 0 spiro atoms. The van der Waals surface area contributed by atoms with Crippen molar-refractivity contribution >= 4 is 40.5 Å². The van der Waals surface area contributed by atoms with Crippen LogP contribution in [0.1, 0.15) is 5.56 Å². The third-order valence-corrected chi connectivity index (χ3v) is 4.16. The number of nitrogens with one attached hydrogen (secondary N) is 2. The van der Waals surface area contributed by atoms with Gasteiger partial charge in [0.1, 0.15) is 11.5 Å². The summed E-state index contributed by atoms with van der Waals surface area (Å²) < 4.78 is 10.6. The van der Waals surface area contributed by atoms with Gasteiger partial charge in [0, 0.05) is 11.8 Å². The number of halogens is 1. The minimum Gasteiger partial charge on any atom is -0.493 e. The van der Waals surface area contributed by atoms with E-state index in [0.29, 0.717) is 17.9 Å². The maximum Gasteiger partial charge on any atom is 0.161 e. The van der Waals surface area contributed by atoms with Gasteiger partial charge in [0.2, 0.25) is 0 Å². The molecule has 6 nitrogen and oxygen atoms in total. The lowest BCUT2D eigenvalue weighted by Gasteiger charge is -2.21. The molecule has 26 heavy (non-hydrogen) atoms. The van der Waals surface area contributed by atoms with Crippen LogP contribution in [0.4, 0.5) is 11.4 Å². The minimum atomic E-state index is 0. The molecule has 3 aromatic rings. The van der Waals surface area contributed by atoms with E-state index in [-0.39, 0.29) is 12.4 Å². The first kappa shape index (κ1) is 17.8. The predicted molar refractivity (Wildman–Crippen MR) is 106 cm³/mol. The highest BCUT2D eigenvalue weighted by Crippen LogP contribution is 2.33. The zero-order valence-corrected chi connectivity index (χ0v) is 15.3. The van der Waals surface area contributed by atoms with Crippen LogP contribution in [-0.4, -0.2) is 25.0 Å². The van der Waals surface area contributed by atoms with Gasteiger partial charge in [-0.25, -0.2) is 4.99 Å². The summed E-state index contributed by atoms with van der Waals surface area (Å²) in [5.74, 6) is 2.23. The number of aliphatic imine (C=N–C) groups is 1. The first-order chi connectivity index (χ1) is 12.3. The second kappa shape index (κ2) is 7.49. The second-order valence-corrected chi connectivity index (χ2v) is 5.71. The largest absolute Gasteiger partial charge is 0.493 e. The summed E-state index contributed by atoms with van der Waals surface area (Å²) >= 11 is 0. The number of hydrazine groups is 1. The molecule has 1 aliphatic heterocycles. The van der Waals surface area contributed by atoms with Crippen molar-refractivity contribution in [1.29, 1.82) is 0 Å². The number of benzene rings is 2. The van der Waals surface area contributed by atoms with Crippen LogP contribution in [0.2, 0.25) is 0 Å². The molecule has 7 heteroatoms. The van der Waals surface area contributed by atoms with Gasteiger partial charge in [0.05, 0.1) is 31.6 Å². The predicted octanol–water partition coefficient (Wildman–Crippen LogP) is 3.88. The highest BCUT2D eigenvalue weighted by molar-refractivity contribution is 6.02. The fourth-order valence-electron chi connectivity index (χ4n) is 2.92. The smallest absolute Gasteiger partial charge is 0.161 e. The molecule has 0 amide bonds. The van der Waals surface area contributed by atoms with E-state index in [1.807, 2.05) is 42.5 Å². The van der Waals surface area contributed by atoms with Crippen molar-refractivity contribution in [3.63, 3.8) is 0 Å². The number of methoxy groups -OCH3 is 2. The first-order valence-electron chi connectivity index (χ1n) is 7.96. The Bertz CT molecular complexity index is 975. The van der Waals surface area contributed by atoms with Gasteiger partial charge in [-0.2, -0.15) is 0 Å². The van der Waals surface area contributed by atoms with Crippen molar-refractivity contribution < 1.29 is 9.47 Å². The number of amidine groups is 1. The SMILES string of the molecule is COc1ccc(CC2=Nc3cnc4ccccc4c3NN2)cc1OC.Cl. The van der Waals surface area contributed by atoms with Crippen molar-refractivity contribution in [2.45, 2.75) is 6.42 Å². The molecule has 0 bridgehead atoms. The number of anilines is 1. The van der Waals surface area contributed by atoms with Crippen molar-refractivity contribution in [3.05, 3.63) is 54.2 Å². The molecule has 2 heterocycles. The van der Waals surface area contributed by atoms with Gasteiger partial charge in [-0.15, -0.1) is 12.4 Å². The van der Waals surface area contributed by atoms with Crippen LogP contribution in [-0.2, 0) is 6.42 Å². The van der Waals surface area contributed by atoms with E-state index < -0.39 is 0 Å². The zero-order chi connectivity index (χ0) is 17.2. The molecule has 0 unspecified atom stereocenters. The summed E-state index contributed by atoms with van der Waals surface area (Å²) in [6.07, 6.45) is 2.43. The van der Waals surface area contributed by atoms with Crippen molar-refractivity contribution in [3.8, 4) is 11.5 Å². The number of hydrogen-bond donors (Lipinski definition) is 2. The van der Waals surface area contributed by atoms with E-state index in [2.05, 4.69) is 15.8 Å². The van der Waals surface area contributed by atoms with E-state index in [1.165, 1.54) is 0 Å². The summed E-state index contributed by atoms with van der Waals surface area (Å²) in [6.45, 7) is 0. The molecule has 0 fully saturated rings. The number of rotatable bonds is 4. The Morgan fingerprint density at radius 3 is 2.58 bits per heavy atom. The minimum absolute atomic E-state index is 0. The number of aromatic nitrogens is 1. The average Bonchev–Trinajstić information content (AvgIpc) is 2.67. The molecule has 2 N–H and O–H groups in total. The monoisotopic (exact) mass is 370 g/mol. The quantitative estimate of drug-likeness (QED) is 0.729. The summed E-state index contributed by atoms with van der Waals surface area (Å²) in [5, 5.41) is 1.04. The van der Waals surface area contributed by atoms with Crippen LogP contribution in [0, 0.1) is 0 Å². The van der Waals surface area contributed by atoms with Gasteiger partial charge in [-0.1, -0.05) is 24.3 Å². The van der Waals surface area contributed by atoms with Gasteiger partial charge >= 0.3 is 0 Å². The Morgan fingerprint density at radius 1 is 0.962 bits per heavy atom. The zero-order valence-electron chi connectivity index (χ0n) is 14.4. The van der Waals surface area contributed by atoms with Gasteiger partial charge < -0.3 is 9.47 Å². The Labute approximate surface area is 157 Å². The summed E-state index contributed by atoms with van der Waals surface area (Å²) in [4.78, 5) is 9.17. The van der Waals surface area contributed by atoms with E-state index >= 15 is 0 Å². The highest BCUT2D eigenvalue weighted by Gasteiger charge is 2.15. The lowest BCUT2D eigenvalue weighted by Crippen LogP contribution is -2.33. The Morgan fingerprint density at radius 2 is 1.77 bits per heavy atom. The third-order valence-electron chi connectivity index (χ3n) is 4.16. The highest BCUT2D eigenvalue weighted by atomic mass is 35.5. The standard InChI is InChI=1S/C19H18N4O2.ClH/c1-24-16-8-7-12(9-17(16)25-2)10-18-21-15-11-20-14-6-4-3-5-13(14)19(15)23-22-18;/h3-9,11,23H,10H2,1-2H3,(H,21,22);1H. The van der Waals surface area contributed by atoms with Crippen molar-refractivity contribution in [2.24, 2.45) is 4.99 Å². The molecule has 4 rings (SSSR count). The van der Waals surface area contributed by atoms with Crippen LogP contribution in [0.5, 0.6) is 11.5 Å². The average molecular weight is 371 g/mol. The fourth-order valence-corrected chi connectivity index (χ4v) is 2.92. The number of hydrogen-bond acceptors (Lipinski definition) is 6. The first-order valence-corrected chi connectivity index (χ1v) is 7.96. The maximum atomic E-state index is 5.36. The molecule has 0 atom stereocenters. The molecule has 0 saturated carbocycles. The van der Waals surface area contributed by atoms with E-state index in [0.717, 1.165) is 33.7 Å². The van der Waals surface area contributed by atoms with Crippen LogP contribution in [0.15, 0.2) is 53.7 Å². The van der Waals surface area contributed by atoms with Gasteiger partial charge in [-0.3, -0.25) is 15.8 Å². The van der Waals surface area contributed by atoms with Crippen LogP contribution >= 0.6 is 12.4 Å². The van der Waals surface area contributed by atoms with E-state index in [1.54, 1.807) is 20.4 Å². The lowest BCUT2D eigenvalue weighted by molar-refractivity contribution is 0.354. The number of nitrogens with zero attached hydrogens (tertiary/aromatic N) is 2. The number of pyridine rings is 1. The summed E-state index contributed by atoms with van der Waals surface area (Å²) in [5.41, 5.74) is 10.2. The molecule has 2 aromatic carbocycles. The molecule has 1 aliphatic rings. The van der Waals surface area contributed by atoms with Crippen LogP contribution < -0.4 is 20.3 Å². The van der Waals surface area contributed by atoms with E-state index in [9.17, 15) is 0 Å². The number of para-hydroxylation sites is 1. The maximum absolute atomic E-state index is 5.36. The summed E-state index contributed by atoms with van der Waals surface area (Å²) in [7, 11) is 3.26. The van der Waals surface area contributed by atoms with Gasteiger partial charge in [-0.05, 0) is 23.8 Å². The molecule has 134 valence electrons. The Kier molecular flexibility index (Phi) is 5.14. The lowest BCUT2D eigenvalue weighted by atomic mass is 10.1. The molecular weight excluding hydrogens is 352 g/mol. The Balaban J connectivity index is 0.00000196. The van der Waals surface area contributed by atoms with E-state index in [4.69, 9.17) is 14.5 Å². The van der Waals surface area contributed by atoms with Gasteiger partial charge in [0.15, 0.2) is 11.5 Å². The Hall–Kier alpha value is -2.99. The van der Waals surface area contributed by atoms with Crippen molar-refractivity contribution in [2.75, 3.05) is 19.6 Å². The van der Waals surface area contributed by atoms with Crippen LogP contribution in [0.3, 0.4) is 0 Å². The molecule has 0 radical (unpaired) electrons. The van der Waals surface area contributed by atoms with Crippen LogP contribution in [0.25, 0.3) is 10.9 Å². The van der Waals surface area contributed by atoms with Gasteiger partial charge in [0.25, 0.3) is 0 Å². The topological polar surface area (TPSA) is 67.8 Å². The van der Waals surface area contributed by atoms with Crippen molar-refractivity contribution in [1.82, 2.24) is 10.4 Å². The number of ether oxygens (including phenoxy) is 2. The normalized spacial score (nSPS) is 12.2. The number of fused-ring (bicyclic) bond motifs is 3. The molecule has 0 saturated heterocycles. The molecule has 1 aromatic heterocycles. The molecular formula is C19H19ClN4O2. The second-order valence-electron chi connectivity index (χ2n) is 5.71.